The van der Waals surface area contributed by atoms with E-state index in [-0.39, 0.29) is 0 Å². The van der Waals surface area contributed by atoms with Crippen LogP contribution in [-0.2, 0) is 6.42 Å². The first kappa shape index (κ1) is 19.1. The van der Waals surface area contributed by atoms with Crippen molar-refractivity contribution < 1.29 is 8.78 Å². The fraction of sp³-hybridized carbons (Fsp3) is 0.280. The number of unbranched alkanes of at least 4 members (excludes halogenated alkanes) is 4. The van der Waals surface area contributed by atoms with E-state index in [0.29, 0.717) is 10.8 Å². The summed E-state index contributed by atoms with van der Waals surface area (Å²) in [5.74, 6) is 4.59. The van der Waals surface area contributed by atoms with E-state index in [4.69, 9.17) is 0 Å². The van der Waals surface area contributed by atoms with Crippen molar-refractivity contribution >= 4 is 10.8 Å². The van der Waals surface area contributed by atoms with Crippen molar-refractivity contribution in [2.24, 2.45) is 0 Å². The van der Waals surface area contributed by atoms with E-state index in [9.17, 15) is 8.78 Å². The highest BCUT2D eigenvalue weighted by Crippen LogP contribution is 2.19. The molecule has 0 amide bonds. The first-order valence-corrected chi connectivity index (χ1v) is 9.65. The van der Waals surface area contributed by atoms with Crippen LogP contribution >= 0.6 is 0 Å². The maximum Gasteiger partial charge on any atom is 0.159 e. The normalized spacial score (nSPS) is 10.6. The summed E-state index contributed by atoms with van der Waals surface area (Å²) in [6, 6.07) is 16.2. The molecule has 0 radical (unpaired) electrons. The highest BCUT2D eigenvalue weighted by Gasteiger charge is 2.04. The average molecular weight is 362 g/mol. The first-order valence-electron chi connectivity index (χ1n) is 9.65. The van der Waals surface area contributed by atoms with Crippen molar-refractivity contribution in [1.82, 2.24) is 0 Å². The van der Waals surface area contributed by atoms with Gasteiger partial charge in [0.2, 0.25) is 0 Å². The molecule has 0 spiro atoms. The molecular formula is C25H24F2. The lowest BCUT2D eigenvalue weighted by Gasteiger charge is -2.02. The molecule has 2 heteroatoms. The number of aryl methyl sites for hydroxylation is 1. The topological polar surface area (TPSA) is 0 Å². The van der Waals surface area contributed by atoms with Crippen LogP contribution in [0.4, 0.5) is 8.78 Å². The Balaban J connectivity index is 1.65. The summed E-state index contributed by atoms with van der Waals surface area (Å²) in [5, 5.41) is 1.32. The van der Waals surface area contributed by atoms with E-state index in [2.05, 4.69) is 30.9 Å². The number of hydrogen-bond donors (Lipinski definition) is 0. The van der Waals surface area contributed by atoms with Crippen molar-refractivity contribution in [1.29, 1.82) is 0 Å². The van der Waals surface area contributed by atoms with Gasteiger partial charge in [-0.2, -0.15) is 0 Å². The molecule has 138 valence electrons. The Morgan fingerprint density at radius 3 is 2.04 bits per heavy atom. The molecule has 0 saturated heterocycles. The predicted octanol–water partition coefficient (Wildman–Crippen LogP) is 7.03. The average Bonchev–Trinajstić information content (AvgIpc) is 2.68. The van der Waals surface area contributed by atoms with Crippen molar-refractivity contribution in [2.45, 2.75) is 45.4 Å². The maximum atomic E-state index is 13.4. The van der Waals surface area contributed by atoms with Crippen LogP contribution in [0.1, 0.15) is 55.7 Å². The Kier molecular flexibility index (Phi) is 6.60. The molecule has 0 N–H and O–H groups in total. The van der Waals surface area contributed by atoms with Crippen LogP contribution in [0.3, 0.4) is 0 Å². The van der Waals surface area contributed by atoms with Gasteiger partial charge in [-0.25, -0.2) is 8.78 Å². The van der Waals surface area contributed by atoms with Gasteiger partial charge in [0.15, 0.2) is 11.6 Å². The molecule has 0 unspecified atom stereocenters. The van der Waals surface area contributed by atoms with Gasteiger partial charge in [-0.15, -0.1) is 0 Å². The van der Waals surface area contributed by atoms with Crippen LogP contribution in [-0.4, -0.2) is 0 Å². The Hall–Kier alpha value is -2.66. The second kappa shape index (κ2) is 9.33. The summed E-state index contributed by atoms with van der Waals surface area (Å²) in [6.45, 7) is 2.23. The van der Waals surface area contributed by atoms with Crippen LogP contribution in [0.5, 0.6) is 0 Å². The largest absolute Gasteiger partial charge is 0.204 e. The van der Waals surface area contributed by atoms with Crippen LogP contribution in [0.15, 0.2) is 54.6 Å². The summed E-state index contributed by atoms with van der Waals surface area (Å²) in [4.78, 5) is 0. The van der Waals surface area contributed by atoms with Gasteiger partial charge in [0.25, 0.3) is 0 Å². The van der Waals surface area contributed by atoms with Crippen LogP contribution in [0.25, 0.3) is 10.8 Å². The zero-order valence-corrected chi connectivity index (χ0v) is 15.7. The smallest absolute Gasteiger partial charge is 0.159 e. The zero-order valence-electron chi connectivity index (χ0n) is 15.7. The molecule has 0 heterocycles. The van der Waals surface area contributed by atoms with Gasteiger partial charge in [0, 0.05) is 11.1 Å². The Labute approximate surface area is 160 Å². The lowest BCUT2D eigenvalue weighted by Crippen LogP contribution is -1.87. The SMILES string of the molecule is CCCCCCCc1ccc(C#Cc2ccc3cc(F)c(F)cc3c2)cc1. The number of halogens is 2. The van der Waals surface area contributed by atoms with E-state index in [1.54, 1.807) is 12.1 Å². The molecule has 0 aliphatic heterocycles. The standard InChI is InChI=1S/C25H24F2/c1-2-3-4-5-6-7-19-8-10-20(11-9-19)12-13-21-14-15-22-17-24(26)25(27)18-23(22)16-21/h8-11,14-18H,2-7H2,1H3. The van der Waals surface area contributed by atoms with Crippen molar-refractivity contribution in [3.05, 3.63) is 82.9 Å². The van der Waals surface area contributed by atoms with Crippen molar-refractivity contribution in [3.8, 4) is 11.8 Å². The van der Waals surface area contributed by atoms with E-state index >= 15 is 0 Å². The molecule has 0 aliphatic carbocycles. The van der Waals surface area contributed by atoms with E-state index < -0.39 is 11.6 Å². The molecule has 3 aromatic rings. The summed E-state index contributed by atoms with van der Waals surface area (Å²) in [5.41, 5.74) is 3.09. The Morgan fingerprint density at radius 2 is 1.30 bits per heavy atom. The third-order valence-electron chi connectivity index (χ3n) is 4.75. The van der Waals surface area contributed by atoms with E-state index in [1.807, 2.05) is 18.2 Å². The lowest BCUT2D eigenvalue weighted by atomic mass is 10.0. The van der Waals surface area contributed by atoms with Gasteiger partial charge in [-0.3, -0.25) is 0 Å². The molecule has 3 rings (SSSR count). The van der Waals surface area contributed by atoms with Gasteiger partial charge < -0.3 is 0 Å². The first-order chi connectivity index (χ1) is 13.2. The molecule has 0 saturated carbocycles. The fourth-order valence-corrected chi connectivity index (χ4v) is 3.15. The molecule has 0 bridgehead atoms. The van der Waals surface area contributed by atoms with Crippen LogP contribution < -0.4 is 0 Å². The van der Waals surface area contributed by atoms with Gasteiger partial charge in [0.05, 0.1) is 0 Å². The minimum atomic E-state index is -0.835. The Bertz CT molecular complexity index is 959. The molecule has 0 aromatic heterocycles. The molecule has 27 heavy (non-hydrogen) atoms. The lowest BCUT2D eigenvalue weighted by molar-refractivity contribution is 0.511. The summed E-state index contributed by atoms with van der Waals surface area (Å²) in [7, 11) is 0. The highest BCUT2D eigenvalue weighted by molar-refractivity contribution is 5.84. The predicted molar refractivity (Wildman–Crippen MR) is 109 cm³/mol. The molecule has 0 fully saturated rings. The molecule has 0 aliphatic rings. The second-order valence-electron chi connectivity index (χ2n) is 6.94. The third kappa shape index (κ3) is 5.41. The molecule has 3 aromatic carbocycles. The summed E-state index contributed by atoms with van der Waals surface area (Å²) >= 11 is 0. The van der Waals surface area contributed by atoms with Gasteiger partial charge in [-0.1, -0.05) is 62.6 Å². The van der Waals surface area contributed by atoms with Gasteiger partial charge >= 0.3 is 0 Å². The number of rotatable bonds is 6. The minimum Gasteiger partial charge on any atom is -0.204 e. The summed E-state index contributed by atoms with van der Waals surface area (Å²) < 4.78 is 26.7. The van der Waals surface area contributed by atoms with Gasteiger partial charge in [-0.05, 0) is 65.6 Å². The third-order valence-corrected chi connectivity index (χ3v) is 4.75. The quantitative estimate of drug-likeness (QED) is 0.326. The fourth-order valence-electron chi connectivity index (χ4n) is 3.15. The monoisotopic (exact) mass is 362 g/mol. The number of hydrogen-bond acceptors (Lipinski definition) is 0. The number of fused-ring (bicyclic) bond motifs is 1. The summed E-state index contributed by atoms with van der Waals surface area (Å²) in [6.07, 6.45) is 7.56. The van der Waals surface area contributed by atoms with Crippen LogP contribution in [0.2, 0.25) is 0 Å². The minimum absolute atomic E-state index is 0.652. The van der Waals surface area contributed by atoms with E-state index in [0.717, 1.165) is 17.5 Å². The van der Waals surface area contributed by atoms with Crippen molar-refractivity contribution in [3.63, 3.8) is 0 Å². The van der Waals surface area contributed by atoms with Crippen molar-refractivity contribution in [2.75, 3.05) is 0 Å². The highest BCUT2D eigenvalue weighted by atomic mass is 19.2. The Morgan fingerprint density at radius 1 is 0.667 bits per heavy atom. The zero-order chi connectivity index (χ0) is 19.1. The van der Waals surface area contributed by atoms with E-state index in [1.165, 1.54) is 49.8 Å². The van der Waals surface area contributed by atoms with Gasteiger partial charge in [0.1, 0.15) is 0 Å². The maximum absolute atomic E-state index is 13.4. The number of benzene rings is 3. The molecule has 0 nitrogen and oxygen atoms in total. The molecular weight excluding hydrogens is 338 g/mol. The molecule has 0 atom stereocenters. The van der Waals surface area contributed by atoms with Crippen LogP contribution in [0, 0.1) is 23.5 Å². The second-order valence-corrected chi connectivity index (χ2v) is 6.94.